The predicted octanol–water partition coefficient (Wildman–Crippen LogP) is 3.40. The van der Waals surface area contributed by atoms with E-state index in [1.807, 2.05) is 18.2 Å². The van der Waals surface area contributed by atoms with Crippen molar-refractivity contribution in [3.63, 3.8) is 0 Å². The van der Waals surface area contributed by atoms with Crippen LogP contribution in [0.3, 0.4) is 0 Å². The van der Waals surface area contributed by atoms with Gasteiger partial charge in [-0.25, -0.2) is 4.79 Å². The number of hydrogen-bond donors (Lipinski definition) is 0. The van der Waals surface area contributed by atoms with E-state index < -0.39 is 17.1 Å². The highest BCUT2D eigenvalue weighted by Gasteiger charge is 2.17. The fraction of sp³-hybridized carbons (Fsp3) is 0.235. The average Bonchev–Trinajstić information content (AvgIpc) is 2.53. The molecule has 0 N–H and O–H groups in total. The lowest BCUT2D eigenvalue weighted by atomic mass is 10.2. The van der Waals surface area contributed by atoms with E-state index in [-0.39, 0.29) is 12.0 Å². The Kier molecular flexibility index (Phi) is 5.86. The van der Waals surface area contributed by atoms with Crippen LogP contribution < -0.4 is 4.74 Å². The summed E-state index contributed by atoms with van der Waals surface area (Å²) in [4.78, 5) is 12.7. The first-order valence-corrected chi connectivity index (χ1v) is 8.26. The summed E-state index contributed by atoms with van der Waals surface area (Å²) in [5.74, 6) is -0.0933. The van der Waals surface area contributed by atoms with Gasteiger partial charge >= 0.3 is 5.97 Å². The van der Waals surface area contributed by atoms with Gasteiger partial charge in [0.15, 0.2) is 4.90 Å². The highest BCUT2D eigenvalue weighted by Crippen LogP contribution is 2.21. The van der Waals surface area contributed by atoms with Crippen LogP contribution in [0.15, 0.2) is 59.5 Å². The first-order valence-electron chi connectivity index (χ1n) is 6.94. The monoisotopic (exact) mass is 318 g/mol. The molecule has 0 fully saturated rings. The molecule has 1 unspecified atom stereocenters. The lowest BCUT2D eigenvalue weighted by Gasteiger charge is -2.14. The smallest absolute Gasteiger partial charge is 0.342 e. The quantitative estimate of drug-likeness (QED) is 0.605. The highest BCUT2D eigenvalue weighted by atomic mass is 32.2. The minimum absolute atomic E-state index is 0.0179. The van der Waals surface area contributed by atoms with Gasteiger partial charge in [0.25, 0.3) is 0 Å². The zero-order chi connectivity index (χ0) is 15.9. The van der Waals surface area contributed by atoms with Crippen molar-refractivity contribution in [2.45, 2.75) is 24.8 Å². The standard InChI is InChI=1S/C17H18O4S/c1-13(2)21-17(18)15-10-6-7-11-16(15)20-12-22(19)14-8-4-3-5-9-14/h3-11,13H,12H2,1-2H3. The number of ether oxygens (including phenoxy) is 2. The minimum Gasteiger partial charge on any atom is -0.609 e. The molecule has 0 aliphatic heterocycles. The maximum absolute atomic E-state index is 12.1. The van der Waals surface area contributed by atoms with Crippen LogP contribution in [0, 0.1) is 0 Å². The van der Waals surface area contributed by atoms with Gasteiger partial charge < -0.3 is 14.0 Å². The van der Waals surface area contributed by atoms with Crippen molar-refractivity contribution < 1.29 is 18.8 Å². The molecule has 0 aliphatic carbocycles. The molecule has 116 valence electrons. The van der Waals surface area contributed by atoms with Crippen molar-refractivity contribution >= 4 is 17.1 Å². The molecule has 4 nitrogen and oxygen atoms in total. The molecule has 0 bridgehead atoms. The van der Waals surface area contributed by atoms with Gasteiger partial charge in [0.1, 0.15) is 11.3 Å². The summed E-state index contributed by atoms with van der Waals surface area (Å²) in [6, 6.07) is 15.8. The number of rotatable bonds is 6. The van der Waals surface area contributed by atoms with Crippen LogP contribution in [0.2, 0.25) is 0 Å². The van der Waals surface area contributed by atoms with Gasteiger partial charge in [-0.05, 0) is 38.1 Å². The van der Waals surface area contributed by atoms with Gasteiger partial charge in [0.05, 0.1) is 6.10 Å². The van der Waals surface area contributed by atoms with Gasteiger partial charge in [-0.2, -0.15) is 0 Å². The van der Waals surface area contributed by atoms with E-state index in [2.05, 4.69) is 0 Å². The molecule has 0 saturated carbocycles. The van der Waals surface area contributed by atoms with Crippen LogP contribution in [0.5, 0.6) is 5.75 Å². The number of carbonyl (C=O) groups is 1. The molecule has 0 spiro atoms. The molecule has 1 atom stereocenters. The largest absolute Gasteiger partial charge is 0.609 e. The second-order valence-corrected chi connectivity index (χ2v) is 6.27. The molecule has 0 heterocycles. The molecule has 22 heavy (non-hydrogen) atoms. The molecular weight excluding hydrogens is 300 g/mol. The lowest BCUT2D eigenvalue weighted by Crippen LogP contribution is -2.16. The molecule has 2 aromatic carbocycles. The summed E-state index contributed by atoms with van der Waals surface area (Å²) < 4.78 is 22.9. The van der Waals surface area contributed by atoms with E-state index in [0.29, 0.717) is 16.2 Å². The fourth-order valence-electron chi connectivity index (χ4n) is 1.80. The average molecular weight is 318 g/mol. The van der Waals surface area contributed by atoms with Gasteiger partial charge in [-0.3, -0.25) is 0 Å². The summed E-state index contributed by atoms with van der Waals surface area (Å²) in [6.07, 6.45) is -0.209. The van der Waals surface area contributed by atoms with E-state index in [9.17, 15) is 9.35 Å². The van der Waals surface area contributed by atoms with Gasteiger partial charge in [-0.1, -0.05) is 30.3 Å². The van der Waals surface area contributed by atoms with Crippen molar-refractivity contribution in [1.82, 2.24) is 0 Å². The third-order valence-electron chi connectivity index (χ3n) is 2.78. The summed E-state index contributed by atoms with van der Waals surface area (Å²) in [7, 11) is 0. The van der Waals surface area contributed by atoms with Crippen molar-refractivity contribution in [2.24, 2.45) is 0 Å². The van der Waals surface area contributed by atoms with E-state index in [1.54, 1.807) is 50.2 Å². The third-order valence-corrected chi connectivity index (χ3v) is 3.91. The SMILES string of the molecule is CC(C)OC(=O)c1ccccc1OC[S+]([O-])c1ccccc1. The Balaban J connectivity index is 2.05. The molecule has 0 radical (unpaired) electrons. The maximum Gasteiger partial charge on any atom is 0.342 e. The maximum atomic E-state index is 12.1. The summed E-state index contributed by atoms with van der Waals surface area (Å²) >= 11 is -1.29. The van der Waals surface area contributed by atoms with Crippen LogP contribution in [0.1, 0.15) is 24.2 Å². The fourth-order valence-corrected chi connectivity index (χ4v) is 2.63. The molecule has 0 amide bonds. The normalized spacial score (nSPS) is 12.0. The minimum atomic E-state index is -1.29. The molecule has 0 saturated heterocycles. The molecular formula is C17H18O4S. The van der Waals surface area contributed by atoms with Crippen LogP contribution in [0.4, 0.5) is 0 Å². The van der Waals surface area contributed by atoms with E-state index in [4.69, 9.17) is 9.47 Å². The Labute approximate surface area is 133 Å². The lowest BCUT2D eigenvalue weighted by molar-refractivity contribution is 0.0374. The van der Waals surface area contributed by atoms with E-state index in [0.717, 1.165) is 0 Å². The third kappa shape index (κ3) is 4.51. The molecule has 2 rings (SSSR count). The van der Waals surface area contributed by atoms with E-state index >= 15 is 0 Å². The van der Waals surface area contributed by atoms with Crippen molar-refractivity contribution in [3.8, 4) is 5.75 Å². The Bertz CT molecular complexity index is 613. The zero-order valence-electron chi connectivity index (χ0n) is 12.5. The topological polar surface area (TPSA) is 58.6 Å². The Hall–Kier alpha value is -1.98. The van der Waals surface area contributed by atoms with Crippen molar-refractivity contribution in [2.75, 3.05) is 5.94 Å². The number of para-hydroxylation sites is 1. The number of esters is 1. The Morgan fingerprint density at radius 2 is 1.73 bits per heavy atom. The molecule has 2 aromatic rings. The van der Waals surface area contributed by atoms with Crippen molar-refractivity contribution in [1.29, 1.82) is 0 Å². The number of hydrogen-bond acceptors (Lipinski definition) is 4. The zero-order valence-corrected chi connectivity index (χ0v) is 13.3. The number of benzene rings is 2. The molecule has 0 aliphatic rings. The second kappa shape index (κ2) is 7.87. The predicted molar refractivity (Wildman–Crippen MR) is 85.3 cm³/mol. The second-order valence-electron chi connectivity index (χ2n) is 4.87. The van der Waals surface area contributed by atoms with Gasteiger partial charge in [0.2, 0.25) is 5.94 Å². The van der Waals surface area contributed by atoms with Crippen LogP contribution in [-0.4, -0.2) is 22.6 Å². The van der Waals surface area contributed by atoms with E-state index in [1.165, 1.54) is 0 Å². The highest BCUT2D eigenvalue weighted by molar-refractivity contribution is 7.91. The Morgan fingerprint density at radius 3 is 2.41 bits per heavy atom. The van der Waals surface area contributed by atoms with Crippen LogP contribution in [0.25, 0.3) is 0 Å². The molecule has 5 heteroatoms. The molecule has 0 aromatic heterocycles. The summed E-state index contributed by atoms with van der Waals surface area (Å²) in [5, 5.41) is 0. The summed E-state index contributed by atoms with van der Waals surface area (Å²) in [5.41, 5.74) is 0.335. The van der Waals surface area contributed by atoms with Gasteiger partial charge in [0, 0.05) is 11.2 Å². The first kappa shape index (κ1) is 16.4. The van der Waals surface area contributed by atoms with Crippen LogP contribution in [-0.2, 0) is 15.9 Å². The number of carbonyl (C=O) groups excluding carboxylic acids is 1. The van der Waals surface area contributed by atoms with Crippen LogP contribution >= 0.6 is 0 Å². The summed E-state index contributed by atoms with van der Waals surface area (Å²) in [6.45, 7) is 3.57. The van der Waals surface area contributed by atoms with Crippen molar-refractivity contribution in [3.05, 3.63) is 60.2 Å². The van der Waals surface area contributed by atoms with Gasteiger partial charge in [-0.15, -0.1) is 0 Å². The first-order chi connectivity index (χ1) is 10.6. The Morgan fingerprint density at radius 1 is 1.09 bits per heavy atom.